The summed E-state index contributed by atoms with van der Waals surface area (Å²) in [6.45, 7) is 0.640. The zero-order valence-corrected chi connectivity index (χ0v) is 27.0. The van der Waals surface area contributed by atoms with E-state index in [4.69, 9.17) is 9.47 Å². The fourth-order valence-corrected chi connectivity index (χ4v) is 6.71. The zero-order chi connectivity index (χ0) is 32.1. The summed E-state index contributed by atoms with van der Waals surface area (Å²) < 4.78 is 38.7. The summed E-state index contributed by atoms with van der Waals surface area (Å²) in [5, 5.41) is 12.0. The van der Waals surface area contributed by atoms with Gasteiger partial charge in [-0.3, -0.25) is 14.2 Å². The molecule has 1 aliphatic heterocycles. The van der Waals surface area contributed by atoms with Crippen molar-refractivity contribution in [3.8, 4) is 17.2 Å². The maximum atomic E-state index is 13.4. The van der Waals surface area contributed by atoms with Crippen LogP contribution in [-0.4, -0.2) is 79.9 Å². The molecule has 1 aromatic heterocycles. The highest BCUT2D eigenvalue weighted by Crippen LogP contribution is 2.33. The lowest BCUT2D eigenvalue weighted by molar-refractivity contribution is -0.116. The first-order valence-electron chi connectivity index (χ1n) is 14.1. The third-order valence-electron chi connectivity index (χ3n) is 7.37. The van der Waals surface area contributed by atoms with Gasteiger partial charge in [0.05, 0.1) is 37.1 Å². The van der Waals surface area contributed by atoms with Gasteiger partial charge in [-0.25, -0.2) is 12.7 Å². The topological polar surface area (TPSA) is 136 Å². The number of anilines is 1. The largest absolute Gasteiger partial charge is 0.497 e. The maximum Gasteiger partial charge on any atom is 0.251 e. The van der Waals surface area contributed by atoms with E-state index < -0.39 is 15.9 Å². The molecule has 5 rings (SSSR count). The van der Waals surface area contributed by atoms with Crippen molar-refractivity contribution in [1.29, 1.82) is 0 Å². The zero-order valence-electron chi connectivity index (χ0n) is 25.4. The third kappa shape index (κ3) is 6.82. The van der Waals surface area contributed by atoms with Crippen molar-refractivity contribution >= 4 is 39.3 Å². The molecule has 0 saturated heterocycles. The smallest absolute Gasteiger partial charge is 0.251 e. The molecule has 1 aliphatic rings. The quantitative estimate of drug-likeness (QED) is 0.242. The molecule has 0 bridgehead atoms. The molecule has 0 saturated carbocycles. The van der Waals surface area contributed by atoms with Crippen LogP contribution in [0.5, 0.6) is 11.5 Å². The highest BCUT2D eigenvalue weighted by molar-refractivity contribution is 7.99. The average molecular weight is 651 g/mol. The van der Waals surface area contributed by atoms with E-state index in [9.17, 15) is 18.0 Å². The first-order valence-corrected chi connectivity index (χ1v) is 16.5. The number of hydrogen-bond acceptors (Lipinski definition) is 9. The molecule has 45 heavy (non-hydrogen) atoms. The number of benzene rings is 3. The monoisotopic (exact) mass is 650 g/mol. The number of fused-ring (bicyclic) bond motifs is 1. The lowest BCUT2D eigenvalue weighted by Crippen LogP contribution is -2.36. The summed E-state index contributed by atoms with van der Waals surface area (Å²) in [6, 6.07) is 18.9. The van der Waals surface area contributed by atoms with E-state index in [0.717, 1.165) is 28.4 Å². The molecule has 0 spiro atoms. The molecule has 0 aliphatic carbocycles. The van der Waals surface area contributed by atoms with Gasteiger partial charge >= 0.3 is 0 Å². The predicted molar refractivity (Wildman–Crippen MR) is 171 cm³/mol. The summed E-state index contributed by atoms with van der Waals surface area (Å²) in [5.74, 6) is 1.13. The van der Waals surface area contributed by atoms with Crippen LogP contribution >= 0.6 is 11.8 Å². The fourth-order valence-electron chi connectivity index (χ4n) is 4.97. The number of rotatable bonds is 11. The number of hydrogen-bond donors (Lipinski definition) is 1. The molecule has 2 amide bonds. The number of nitrogens with one attached hydrogen (secondary N) is 1. The maximum absolute atomic E-state index is 13.4. The second-order valence-electron chi connectivity index (χ2n) is 10.3. The Bertz CT molecular complexity index is 1810. The van der Waals surface area contributed by atoms with Gasteiger partial charge in [0.2, 0.25) is 15.9 Å². The highest BCUT2D eigenvalue weighted by Gasteiger charge is 2.25. The Labute approximate surface area is 266 Å². The first-order chi connectivity index (χ1) is 21.6. The van der Waals surface area contributed by atoms with Crippen molar-refractivity contribution in [3.05, 3.63) is 83.7 Å². The van der Waals surface area contributed by atoms with Crippen molar-refractivity contribution in [1.82, 2.24) is 24.4 Å². The number of ether oxygens (including phenoxy) is 2. The predicted octanol–water partition coefficient (Wildman–Crippen LogP) is 3.54. The molecule has 0 unspecified atom stereocenters. The van der Waals surface area contributed by atoms with Crippen LogP contribution in [0.3, 0.4) is 0 Å². The minimum absolute atomic E-state index is 0.00717. The van der Waals surface area contributed by atoms with Crippen molar-refractivity contribution in [2.45, 2.75) is 29.4 Å². The van der Waals surface area contributed by atoms with Crippen LogP contribution in [0, 0.1) is 0 Å². The Kier molecular flexibility index (Phi) is 9.75. The van der Waals surface area contributed by atoms with Gasteiger partial charge in [0.25, 0.3) is 5.91 Å². The van der Waals surface area contributed by atoms with E-state index in [1.165, 1.54) is 57.2 Å². The molecule has 236 valence electrons. The number of carbonyl (C=O) groups is 2. The highest BCUT2D eigenvalue weighted by atomic mass is 32.2. The van der Waals surface area contributed by atoms with Crippen molar-refractivity contribution < 1.29 is 27.5 Å². The number of para-hydroxylation sites is 1. The standard InChI is InChI=1S/C31H34N6O6S2/c1-35(2)45(40,41)24-14-11-22(12-15-24)30(39)32-19-28-33-34-31(37(28)26-16-13-23(42-3)18-27(26)43-4)44-20-29(38)36-17-7-9-21-8-5-6-10-25(21)36/h5-6,8,10-16,18H,7,9,17,19-20H2,1-4H3,(H,32,39). The van der Waals surface area contributed by atoms with Gasteiger partial charge in [0.1, 0.15) is 11.5 Å². The van der Waals surface area contributed by atoms with Crippen LogP contribution in [0.2, 0.25) is 0 Å². The Morgan fingerprint density at radius 1 is 0.978 bits per heavy atom. The van der Waals surface area contributed by atoms with E-state index in [1.807, 2.05) is 23.1 Å². The van der Waals surface area contributed by atoms with Gasteiger partial charge in [-0.15, -0.1) is 10.2 Å². The molecule has 3 aromatic carbocycles. The van der Waals surface area contributed by atoms with E-state index in [0.29, 0.717) is 34.7 Å². The summed E-state index contributed by atoms with van der Waals surface area (Å²) >= 11 is 1.24. The van der Waals surface area contributed by atoms with Crippen LogP contribution in [-0.2, 0) is 27.8 Å². The average Bonchev–Trinajstić information content (AvgIpc) is 3.47. The number of amides is 2. The van der Waals surface area contributed by atoms with E-state index in [2.05, 4.69) is 21.6 Å². The van der Waals surface area contributed by atoms with Crippen LogP contribution < -0.4 is 19.7 Å². The van der Waals surface area contributed by atoms with E-state index in [1.54, 1.807) is 29.9 Å². The lowest BCUT2D eigenvalue weighted by atomic mass is 10.0. The van der Waals surface area contributed by atoms with E-state index in [-0.39, 0.29) is 28.7 Å². The molecule has 4 aromatic rings. The molecular weight excluding hydrogens is 617 g/mol. The minimum atomic E-state index is -3.62. The van der Waals surface area contributed by atoms with Gasteiger partial charge in [0, 0.05) is 38.0 Å². The molecular formula is C31H34N6O6S2. The van der Waals surface area contributed by atoms with Gasteiger partial charge in [0.15, 0.2) is 11.0 Å². The van der Waals surface area contributed by atoms with Crippen molar-refractivity contribution in [3.63, 3.8) is 0 Å². The molecule has 12 nitrogen and oxygen atoms in total. The van der Waals surface area contributed by atoms with Gasteiger partial charge < -0.3 is 19.7 Å². The fraction of sp³-hybridized carbons (Fsp3) is 0.290. The van der Waals surface area contributed by atoms with Crippen LogP contribution in [0.25, 0.3) is 5.69 Å². The molecule has 0 fully saturated rings. The number of thioether (sulfide) groups is 1. The Hall–Kier alpha value is -4.40. The third-order valence-corrected chi connectivity index (χ3v) is 10.1. The normalized spacial score (nSPS) is 13.0. The second-order valence-corrected chi connectivity index (χ2v) is 13.4. The molecule has 2 heterocycles. The Morgan fingerprint density at radius 3 is 2.44 bits per heavy atom. The summed E-state index contributed by atoms with van der Waals surface area (Å²) in [4.78, 5) is 28.3. The number of methoxy groups -OCH3 is 2. The number of sulfonamides is 1. The number of nitrogens with zero attached hydrogens (tertiary/aromatic N) is 5. The van der Waals surface area contributed by atoms with Crippen molar-refractivity contribution in [2.24, 2.45) is 0 Å². The lowest BCUT2D eigenvalue weighted by Gasteiger charge is -2.29. The number of carbonyl (C=O) groups excluding carboxylic acids is 2. The van der Waals surface area contributed by atoms with Gasteiger partial charge in [-0.2, -0.15) is 0 Å². The van der Waals surface area contributed by atoms with Crippen LogP contribution in [0.4, 0.5) is 5.69 Å². The Morgan fingerprint density at radius 2 is 1.73 bits per heavy atom. The SMILES string of the molecule is COc1ccc(-n2c(CNC(=O)c3ccc(S(=O)(=O)N(C)C)cc3)nnc2SCC(=O)N2CCCc3ccccc32)c(OC)c1. The Balaban J connectivity index is 1.38. The van der Waals surface area contributed by atoms with Gasteiger partial charge in [-0.05, 0) is 60.9 Å². The molecule has 0 radical (unpaired) electrons. The number of aryl methyl sites for hydroxylation is 1. The molecule has 0 atom stereocenters. The summed E-state index contributed by atoms with van der Waals surface area (Å²) in [5.41, 5.74) is 2.97. The summed E-state index contributed by atoms with van der Waals surface area (Å²) in [7, 11) is 2.36. The summed E-state index contributed by atoms with van der Waals surface area (Å²) in [6.07, 6.45) is 1.83. The van der Waals surface area contributed by atoms with Crippen LogP contribution in [0.15, 0.2) is 76.8 Å². The van der Waals surface area contributed by atoms with Crippen LogP contribution in [0.1, 0.15) is 28.2 Å². The number of aromatic nitrogens is 3. The van der Waals surface area contributed by atoms with Gasteiger partial charge in [-0.1, -0.05) is 30.0 Å². The van der Waals surface area contributed by atoms with E-state index >= 15 is 0 Å². The molecule has 1 N–H and O–H groups in total. The second kappa shape index (κ2) is 13.7. The molecule has 14 heteroatoms. The first kappa shape index (κ1) is 32.0. The van der Waals surface area contributed by atoms with Crippen molar-refractivity contribution in [2.75, 3.05) is 45.5 Å². The minimum Gasteiger partial charge on any atom is -0.497 e.